The second-order valence-electron chi connectivity index (χ2n) is 6.65. The van der Waals surface area contributed by atoms with Gasteiger partial charge in [-0.1, -0.05) is 11.6 Å². The summed E-state index contributed by atoms with van der Waals surface area (Å²) in [4.78, 5) is 13.3. The summed E-state index contributed by atoms with van der Waals surface area (Å²) in [5.41, 5.74) is 4.38. The Kier molecular flexibility index (Phi) is 5.84. The van der Waals surface area contributed by atoms with E-state index in [0.717, 1.165) is 54.6 Å². The number of carbonyl (C=O) groups is 1. The maximum absolute atomic E-state index is 11.6. The number of rotatable bonds is 4. The van der Waals surface area contributed by atoms with Crippen molar-refractivity contribution in [3.05, 3.63) is 46.2 Å². The van der Waals surface area contributed by atoms with E-state index in [-0.39, 0.29) is 6.09 Å². The fourth-order valence-corrected chi connectivity index (χ4v) is 3.53. The maximum atomic E-state index is 11.6. The average Bonchev–Trinajstić information content (AvgIpc) is 2.94. The summed E-state index contributed by atoms with van der Waals surface area (Å²) in [7, 11) is 1.43. The van der Waals surface area contributed by atoms with Gasteiger partial charge >= 0.3 is 6.09 Å². The van der Waals surface area contributed by atoms with Crippen molar-refractivity contribution in [2.75, 3.05) is 20.2 Å². The molecule has 1 amide bonds. The van der Waals surface area contributed by atoms with E-state index in [1.54, 1.807) is 4.90 Å². The number of benzene rings is 1. The minimum absolute atomic E-state index is 0.237. The predicted octanol–water partition coefficient (Wildman–Crippen LogP) is 3.46. The highest BCUT2D eigenvalue weighted by Crippen LogP contribution is 2.20. The molecule has 140 valence electrons. The van der Waals surface area contributed by atoms with Crippen LogP contribution in [0.2, 0.25) is 5.02 Å². The van der Waals surface area contributed by atoms with E-state index in [4.69, 9.17) is 16.3 Å². The number of nitrogens with one attached hydrogen (secondary N) is 1. The molecule has 1 N–H and O–H groups in total. The van der Waals surface area contributed by atoms with E-state index in [0.29, 0.717) is 6.04 Å². The molecular weight excluding hydrogens is 352 g/mol. The minimum Gasteiger partial charge on any atom is -0.453 e. The number of aryl methyl sites for hydroxylation is 1. The van der Waals surface area contributed by atoms with Gasteiger partial charge in [-0.3, -0.25) is 0 Å². The number of ether oxygens (including phenoxy) is 1. The first-order chi connectivity index (χ1) is 12.5. The van der Waals surface area contributed by atoms with Crippen molar-refractivity contribution in [2.24, 2.45) is 0 Å². The first kappa shape index (κ1) is 18.7. The Morgan fingerprint density at radius 1 is 1.27 bits per heavy atom. The molecule has 1 aliphatic heterocycles. The fraction of sp³-hybridized carbons (Fsp3) is 0.474. The van der Waals surface area contributed by atoms with E-state index >= 15 is 0 Å². The highest BCUT2D eigenvalue weighted by Gasteiger charge is 2.23. The van der Waals surface area contributed by atoms with Crippen molar-refractivity contribution in [3.63, 3.8) is 0 Å². The number of carbonyl (C=O) groups excluding carboxylic acids is 1. The molecule has 0 spiro atoms. The van der Waals surface area contributed by atoms with Gasteiger partial charge in [0.2, 0.25) is 0 Å². The van der Waals surface area contributed by atoms with Crippen LogP contribution in [-0.4, -0.2) is 47.0 Å². The molecule has 3 rings (SSSR count). The third-order valence-corrected chi connectivity index (χ3v) is 5.26. The number of amides is 1. The lowest BCUT2D eigenvalue weighted by molar-refractivity contribution is 0.109. The van der Waals surface area contributed by atoms with Crippen LogP contribution in [0.15, 0.2) is 24.3 Å². The summed E-state index contributed by atoms with van der Waals surface area (Å²) >= 11 is 5.98. The standard InChI is InChI=1S/C19H25ClN4O2/c1-13-18(12-21-16-8-10-23(11-9-16)19(25)26-3)14(2)24(22-13)17-6-4-15(20)5-7-17/h4-7,16,21H,8-12H2,1-3H3. The molecule has 1 saturated heterocycles. The molecule has 2 heterocycles. The first-order valence-corrected chi connectivity index (χ1v) is 9.24. The van der Waals surface area contributed by atoms with Crippen molar-refractivity contribution in [2.45, 2.75) is 39.3 Å². The molecule has 0 atom stereocenters. The lowest BCUT2D eigenvalue weighted by Crippen LogP contribution is -2.44. The number of likely N-dealkylation sites (tertiary alicyclic amines) is 1. The lowest BCUT2D eigenvalue weighted by atomic mass is 10.0. The Morgan fingerprint density at radius 3 is 2.54 bits per heavy atom. The Balaban J connectivity index is 1.62. The summed E-state index contributed by atoms with van der Waals surface area (Å²) in [6.45, 7) is 6.36. The molecule has 0 aliphatic carbocycles. The predicted molar refractivity (Wildman–Crippen MR) is 102 cm³/mol. The molecule has 0 saturated carbocycles. The zero-order valence-corrected chi connectivity index (χ0v) is 16.2. The van der Waals surface area contributed by atoms with Gasteiger partial charge in [-0.2, -0.15) is 5.10 Å². The normalized spacial score (nSPS) is 15.3. The van der Waals surface area contributed by atoms with Gasteiger partial charge in [-0.05, 0) is 51.0 Å². The zero-order chi connectivity index (χ0) is 18.7. The monoisotopic (exact) mass is 376 g/mol. The second kappa shape index (κ2) is 8.10. The van der Waals surface area contributed by atoms with Crippen molar-refractivity contribution in [3.8, 4) is 5.69 Å². The van der Waals surface area contributed by atoms with E-state index in [1.165, 1.54) is 12.7 Å². The molecule has 7 heteroatoms. The number of hydrogen-bond acceptors (Lipinski definition) is 4. The van der Waals surface area contributed by atoms with Crippen LogP contribution in [0.3, 0.4) is 0 Å². The summed E-state index contributed by atoms with van der Waals surface area (Å²) in [6.07, 6.45) is 1.62. The average molecular weight is 377 g/mol. The van der Waals surface area contributed by atoms with Gasteiger partial charge in [-0.15, -0.1) is 0 Å². The van der Waals surface area contributed by atoms with E-state index in [2.05, 4.69) is 17.3 Å². The fourth-order valence-electron chi connectivity index (χ4n) is 3.41. The zero-order valence-electron chi connectivity index (χ0n) is 15.5. The molecule has 2 aromatic rings. The molecule has 0 bridgehead atoms. The second-order valence-corrected chi connectivity index (χ2v) is 7.09. The quantitative estimate of drug-likeness (QED) is 0.887. The van der Waals surface area contributed by atoms with Crippen molar-refractivity contribution >= 4 is 17.7 Å². The molecule has 0 radical (unpaired) electrons. The largest absolute Gasteiger partial charge is 0.453 e. The first-order valence-electron chi connectivity index (χ1n) is 8.87. The number of piperidine rings is 1. The lowest BCUT2D eigenvalue weighted by Gasteiger charge is -2.31. The van der Waals surface area contributed by atoms with Crippen LogP contribution in [0.25, 0.3) is 5.69 Å². The van der Waals surface area contributed by atoms with Gasteiger partial charge in [-0.25, -0.2) is 9.48 Å². The number of nitrogens with zero attached hydrogens (tertiary/aromatic N) is 3. The van der Waals surface area contributed by atoms with Crippen molar-refractivity contribution in [1.82, 2.24) is 20.0 Å². The van der Waals surface area contributed by atoms with Gasteiger partial charge in [0.15, 0.2) is 0 Å². The van der Waals surface area contributed by atoms with Gasteiger partial charge in [0.1, 0.15) is 0 Å². The Morgan fingerprint density at radius 2 is 1.92 bits per heavy atom. The van der Waals surface area contributed by atoms with Crippen LogP contribution in [-0.2, 0) is 11.3 Å². The number of aromatic nitrogens is 2. The minimum atomic E-state index is -0.237. The summed E-state index contributed by atoms with van der Waals surface area (Å²) in [5.74, 6) is 0. The number of hydrogen-bond donors (Lipinski definition) is 1. The van der Waals surface area contributed by atoms with Gasteiger partial charge in [0.25, 0.3) is 0 Å². The van der Waals surface area contributed by atoms with Crippen LogP contribution in [0, 0.1) is 13.8 Å². The molecule has 1 aliphatic rings. The molecule has 0 unspecified atom stereocenters. The molecule has 6 nitrogen and oxygen atoms in total. The topological polar surface area (TPSA) is 59.4 Å². The van der Waals surface area contributed by atoms with Crippen LogP contribution in [0.1, 0.15) is 29.8 Å². The van der Waals surface area contributed by atoms with Crippen LogP contribution in [0.4, 0.5) is 4.79 Å². The van der Waals surface area contributed by atoms with Gasteiger partial charge in [0.05, 0.1) is 18.5 Å². The van der Waals surface area contributed by atoms with E-state index in [1.807, 2.05) is 35.9 Å². The highest BCUT2D eigenvalue weighted by atomic mass is 35.5. The number of methoxy groups -OCH3 is 1. The van der Waals surface area contributed by atoms with Crippen LogP contribution >= 0.6 is 11.6 Å². The molecule has 1 aromatic carbocycles. The van der Waals surface area contributed by atoms with Crippen LogP contribution in [0.5, 0.6) is 0 Å². The van der Waals surface area contributed by atoms with Crippen LogP contribution < -0.4 is 5.32 Å². The van der Waals surface area contributed by atoms with E-state index in [9.17, 15) is 4.79 Å². The van der Waals surface area contributed by atoms with E-state index < -0.39 is 0 Å². The van der Waals surface area contributed by atoms with Gasteiger partial charge < -0.3 is 15.0 Å². The SMILES string of the molecule is COC(=O)N1CCC(NCc2c(C)nn(-c3ccc(Cl)cc3)c2C)CC1. The Hall–Kier alpha value is -2.05. The molecule has 1 fully saturated rings. The smallest absolute Gasteiger partial charge is 0.409 e. The van der Waals surface area contributed by atoms with Crippen molar-refractivity contribution < 1.29 is 9.53 Å². The molecule has 26 heavy (non-hydrogen) atoms. The third kappa shape index (κ3) is 4.02. The number of halogens is 1. The van der Waals surface area contributed by atoms with Gasteiger partial charge in [0, 0.05) is 42.0 Å². The Bertz CT molecular complexity index is 765. The molecular formula is C19H25ClN4O2. The summed E-state index contributed by atoms with van der Waals surface area (Å²) in [6, 6.07) is 8.09. The van der Waals surface area contributed by atoms with Crippen molar-refractivity contribution in [1.29, 1.82) is 0 Å². The highest BCUT2D eigenvalue weighted by molar-refractivity contribution is 6.30. The maximum Gasteiger partial charge on any atom is 0.409 e. The summed E-state index contributed by atoms with van der Waals surface area (Å²) in [5, 5.41) is 9.02. The summed E-state index contributed by atoms with van der Waals surface area (Å²) < 4.78 is 6.75. The molecule has 1 aromatic heterocycles. The third-order valence-electron chi connectivity index (χ3n) is 5.01. The Labute approximate surface area is 159 Å².